The molecular formula is C16H27NO3S. The Morgan fingerprint density at radius 2 is 1.86 bits per heavy atom. The molecule has 1 atom stereocenters. The Morgan fingerprint density at radius 1 is 1.24 bits per heavy atom. The smallest absolute Gasteiger partial charge is 0.154 e. The van der Waals surface area contributed by atoms with E-state index in [4.69, 9.17) is 4.74 Å². The van der Waals surface area contributed by atoms with Gasteiger partial charge in [0.05, 0.1) is 17.4 Å². The molecule has 0 amide bonds. The molecule has 5 heteroatoms. The van der Waals surface area contributed by atoms with Gasteiger partial charge in [-0.15, -0.1) is 0 Å². The molecule has 1 rings (SSSR count). The van der Waals surface area contributed by atoms with Gasteiger partial charge >= 0.3 is 0 Å². The summed E-state index contributed by atoms with van der Waals surface area (Å²) in [5.41, 5.74) is 0.892. The predicted octanol–water partition coefficient (Wildman–Crippen LogP) is 2.95. The molecule has 1 aromatic carbocycles. The van der Waals surface area contributed by atoms with Crippen LogP contribution in [0.2, 0.25) is 0 Å². The molecule has 0 saturated heterocycles. The molecule has 21 heavy (non-hydrogen) atoms. The molecule has 1 aromatic rings. The molecule has 0 aliphatic rings. The van der Waals surface area contributed by atoms with Crippen LogP contribution < -0.4 is 10.1 Å². The Bertz CT molecular complexity index is 552. The van der Waals surface area contributed by atoms with E-state index in [1.807, 2.05) is 38.1 Å². The summed E-state index contributed by atoms with van der Waals surface area (Å²) >= 11 is 0. The van der Waals surface area contributed by atoms with Crippen LogP contribution in [0, 0.1) is 0 Å². The highest BCUT2D eigenvalue weighted by Gasteiger charge is 2.40. The number of hydrogen-bond acceptors (Lipinski definition) is 4. The Balaban J connectivity index is 3.29. The lowest BCUT2D eigenvalue weighted by Gasteiger charge is -2.34. The van der Waals surface area contributed by atoms with Gasteiger partial charge in [-0.3, -0.25) is 0 Å². The number of nitrogens with one attached hydrogen (secondary N) is 1. The second-order valence-corrected chi connectivity index (χ2v) is 8.35. The highest BCUT2D eigenvalue weighted by Crippen LogP contribution is 2.36. The highest BCUT2D eigenvalue weighted by atomic mass is 32.2. The minimum atomic E-state index is -3.23. The SMILES string of the molecule is CCCOc1ccccc1C(NCC)C(C)(C)S(C)(=O)=O. The van der Waals surface area contributed by atoms with Crippen LogP contribution in [0.15, 0.2) is 24.3 Å². The van der Waals surface area contributed by atoms with Gasteiger partial charge in [0.25, 0.3) is 0 Å². The Morgan fingerprint density at radius 3 is 2.38 bits per heavy atom. The molecule has 0 bridgehead atoms. The number of sulfone groups is 1. The van der Waals surface area contributed by atoms with Crippen molar-refractivity contribution in [2.75, 3.05) is 19.4 Å². The number of ether oxygens (including phenoxy) is 1. The predicted molar refractivity (Wildman–Crippen MR) is 87.6 cm³/mol. The number of hydrogen-bond donors (Lipinski definition) is 1. The normalized spacial score (nSPS) is 14.0. The van der Waals surface area contributed by atoms with E-state index in [2.05, 4.69) is 5.32 Å². The maximum Gasteiger partial charge on any atom is 0.154 e. The fourth-order valence-electron chi connectivity index (χ4n) is 2.21. The average Bonchev–Trinajstić information content (AvgIpc) is 2.41. The third kappa shape index (κ3) is 4.20. The first-order valence-electron chi connectivity index (χ1n) is 7.40. The largest absolute Gasteiger partial charge is 0.493 e. The van der Waals surface area contributed by atoms with Crippen molar-refractivity contribution in [1.29, 1.82) is 0 Å². The number of rotatable bonds is 8. The van der Waals surface area contributed by atoms with Crippen LogP contribution in [0.1, 0.15) is 45.7 Å². The summed E-state index contributed by atoms with van der Waals surface area (Å²) in [5, 5.41) is 3.30. The molecule has 0 heterocycles. The first kappa shape index (κ1) is 18.0. The van der Waals surface area contributed by atoms with E-state index in [0.29, 0.717) is 13.2 Å². The maximum atomic E-state index is 12.2. The first-order valence-corrected chi connectivity index (χ1v) is 9.29. The topological polar surface area (TPSA) is 55.4 Å². The number of benzene rings is 1. The van der Waals surface area contributed by atoms with E-state index < -0.39 is 14.6 Å². The van der Waals surface area contributed by atoms with E-state index in [9.17, 15) is 8.42 Å². The summed E-state index contributed by atoms with van der Waals surface area (Å²) in [4.78, 5) is 0. The van der Waals surface area contributed by atoms with Crippen molar-refractivity contribution in [3.63, 3.8) is 0 Å². The van der Waals surface area contributed by atoms with Gasteiger partial charge in [-0.2, -0.15) is 0 Å². The molecule has 0 radical (unpaired) electrons. The van der Waals surface area contributed by atoms with Crippen molar-refractivity contribution in [2.24, 2.45) is 0 Å². The second kappa shape index (κ2) is 7.27. The summed E-state index contributed by atoms with van der Waals surface area (Å²) in [5.74, 6) is 0.752. The minimum Gasteiger partial charge on any atom is -0.493 e. The van der Waals surface area contributed by atoms with Gasteiger partial charge in [0.15, 0.2) is 9.84 Å². The third-order valence-corrected chi connectivity index (χ3v) is 5.90. The molecule has 1 N–H and O–H groups in total. The summed E-state index contributed by atoms with van der Waals surface area (Å²) in [6.45, 7) is 8.84. The summed E-state index contributed by atoms with van der Waals surface area (Å²) in [6.07, 6.45) is 2.20. The van der Waals surface area contributed by atoms with Crippen LogP contribution in [0.4, 0.5) is 0 Å². The monoisotopic (exact) mass is 313 g/mol. The third-order valence-electron chi connectivity index (χ3n) is 3.75. The van der Waals surface area contributed by atoms with Crippen molar-refractivity contribution in [1.82, 2.24) is 5.32 Å². The standard InChI is InChI=1S/C16H27NO3S/c1-6-12-20-14-11-9-8-10-13(14)15(17-7-2)16(3,4)21(5,18)19/h8-11,15,17H,6-7,12H2,1-5H3. The highest BCUT2D eigenvalue weighted by molar-refractivity contribution is 7.92. The van der Waals surface area contributed by atoms with Gasteiger partial charge < -0.3 is 10.1 Å². The molecule has 0 fully saturated rings. The quantitative estimate of drug-likeness (QED) is 0.801. The Labute approximate surface area is 128 Å². The Kier molecular flexibility index (Phi) is 6.23. The van der Waals surface area contributed by atoms with E-state index in [1.165, 1.54) is 6.26 Å². The maximum absolute atomic E-state index is 12.2. The second-order valence-electron chi connectivity index (χ2n) is 5.75. The molecule has 0 aliphatic heterocycles. The van der Waals surface area contributed by atoms with Gasteiger partial charge in [0.1, 0.15) is 5.75 Å². The van der Waals surface area contributed by atoms with Crippen molar-refractivity contribution in [3.05, 3.63) is 29.8 Å². The van der Waals surface area contributed by atoms with E-state index in [0.717, 1.165) is 17.7 Å². The first-order chi connectivity index (χ1) is 9.75. The zero-order valence-electron chi connectivity index (χ0n) is 13.6. The average molecular weight is 313 g/mol. The van der Waals surface area contributed by atoms with Crippen LogP contribution in [0.25, 0.3) is 0 Å². The van der Waals surface area contributed by atoms with Crippen molar-refractivity contribution < 1.29 is 13.2 Å². The van der Waals surface area contributed by atoms with Gasteiger partial charge in [-0.25, -0.2) is 8.42 Å². The minimum absolute atomic E-state index is 0.314. The zero-order chi connectivity index (χ0) is 16.1. The van der Waals surface area contributed by atoms with Gasteiger partial charge in [0, 0.05) is 11.8 Å². The van der Waals surface area contributed by atoms with E-state index in [-0.39, 0.29) is 6.04 Å². The van der Waals surface area contributed by atoms with Crippen LogP contribution in [0.5, 0.6) is 5.75 Å². The number of para-hydroxylation sites is 1. The lowest BCUT2D eigenvalue weighted by Crippen LogP contribution is -2.45. The van der Waals surface area contributed by atoms with Gasteiger partial charge in [0.2, 0.25) is 0 Å². The van der Waals surface area contributed by atoms with Gasteiger partial charge in [-0.1, -0.05) is 32.0 Å². The van der Waals surface area contributed by atoms with Crippen LogP contribution in [-0.4, -0.2) is 32.6 Å². The fourth-order valence-corrected chi connectivity index (χ4v) is 2.85. The van der Waals surface area contributed by atoms with Crippen molar-refractivity contribution in [2.45, 2.75) is 44.9 Å². The van der Waals surface area contributed by atoms with Crippen LogP contribution in [0.3, 0.4) is 0 Å². The molecule has 120 valence electrons. The molecule has 1 unspecified atom stereocenters. The fraction of sp³-hybridized carbons (Fsp3) is 0.625. The summed E-state index contributed by atoms with van der Waals surface area (Å²) in [7, 11) is -3.23. The molecule has 4 nitrogen and oxygen atoms in total. The summed E-state index contributed by atoms with van der Waals surface area (Å²) < 4.78 is 29.2. The Hall–Kier alpha value is -1.07. The molecule has 0 saturated carbocycles. The molecular weight excluding hydrogens is 286 g/mol. The zero-order valence-corrected chi connectivity index (χ0v) is 14.5. The van der Waals surface area contributed by atoms with Crippen molar-refractivity contribution in [3.8, 4) is 5.75 Å². The van der Waals surface area contributed by atoms with Crippen LogP contribution >= 0.6 is 0 Å². The van der Waals surface area contributed by atoms with Crippen molar-refractivity contribution >= 4 is 9.84 Å². The molecule has 0 aliphatic carbocycles. The lowest BCUT2D eigenvalue weighted by atomic mass is 9.94. The summed E-state index contributed by atoms with van der Waals surface area (Å²) in [6, 6.07) is 7.34. The molecule has 0 spiro atoms. The van der Waals surface area contributed by atoms with E-state index in [1.54, 1.807) is 13.8 Å². The van der Waals surface area contributed by atoms with Gasteiger partial charge in [-0.05, 0) is 32.9 Å². The van der Waals surface area contributed by atoms with Crippen LogP contribution in [-0.2, 0) is 9.84 Å². The molecule has 0 aromatic heterocycles. The lowest BCUT2D eigenvalue weighted by molar-refractivity contribution is 0.305. The van der Waals surface area contributed by atoms with E-state index >= 15 is 0 Å².